The Kier molecular flexibility index (Phi) is 7.66. The van der Waals surface area contributed by atoms with Crippen molar-refractivity contribution in [3.8, 4) is 17.2 Å². The van der Waals surface area contributed by atoms with Gasteiger partial charge in [0.25, 0.3) is 0 Å². The zero-order chi connectivity index (χ0) is 27.2. The van der Waals surface area contributed by atoms with Crippen LogP contribution in [0.25, 0.3) is 10.9 Å². The molecule has 1 fully saturated rings. The normalized spacial score (nSPS) is 13.3. The Morgan fingerprint density at radius 2 is 1.87 bits per heavy atom. The number of hydrogen-bond acceptors (Lipinski definition) is 10. The highest BCUT2D eigenvalue weighted by molar-refractivity contribution is 5.92. The molecule has 0 bridgehead atoms. The first kappa shape index (κ1) is 25.7. The van der Waals surface area contributed by atoms with Gasteiger partial charge in [0.05, 0.1) is 24.9 Å². The van der Waals surface area contributed by atoms with Gasteiger partial charge in [0.15, 0.2) is 11.5 Å². The van der Waals surface area contributed by atoms with Crippen LogP contribution in [0.15, 0.2) is 61.4 Å². The van der Waals surface area contributed by atoms with Crippen molar-refractivity contribution >= 4 is 28.4 Å². The van der Waals surface area contributed by atoms with Crippen LogP contribution in [0.3, 0.4) is 0 Å². The lowest BCUT2D eigenvalue weighted by molar-refractivity contribution is 0.208. The van der Waals surface area contributed by atoms with Crippen LogP contribution < -0.4 is 24.4 Å². The van der Waals surface area contributed by atoms with Crippen LogP contribution in [-0.4, -0.2) is 81.0 Å². The maximum Gasteiger partial charge on any atom is 0.321 e. The molecule has 13 heteroatoms. The van der Waals surface area contributed by atoms with Crippen molar-refractivity contribution in [1.82, 2.24) is 35.1 Å². The molecule has 5 rings (SSSR count). The summed E-state index contributed by atoms with van der Waals surface area (Å²) >= 11 is 0. The fourth-order valence-corrected chi connectivity index (χ4v) is 4.24. The van der Waals surface area contributed by atoms with Gasteiger partial charge < -0.3 is 29.3 Å². The molecule has 202 valence electrons. The molecule has 4 aromatic rings. The number of aromatic nitrogens is 6. The van der Waals surface area contributed by atoms with Gasteiger partial charge in [-0.2, -0.15) is 0 Å². The maximum atomic E-state index is 12.9. The second-order valence-electron chi connectivity index (χ2n) is 8.87. The van der Waals surface area contributed by atoms with Crippen molar-refractivity contribution in [3.63, 3.8) is 0 Å². The zero-order valence-corrected chi connectivity index (χ0v) is 21.8. The number of hydrogen-bond donors (Lipinski definition) is 1. The number of ether oxygens (including phenoxy) is 3. The van der Waals surface area contributed by atoms with Crippen LogP contribution in [0, 0.1) is 0 Å². The molecule has 39 heavy (non-hydrogen) atoms. The molecule has 13 nitrogen and oxygen atoms in total. The molecule has 1 saturated heterocycles. The van der Waals surface area contributed by atoms with Gasteiger partial charge in [-0.3, -0.25) is 0 Å². The van der Waals surface area contributed by atoms with E-state index in [4.69, 9.17) is 14.2 Å². The van der Waals surface area contributed by atoms with Gasteiger partial charge in [-0.15, -0.1) is 5.10 Å². The summed E-state index contributed by atoms with van der Waals surface area (Å²) in [6.07, 6.45) is 3.07. The molecule has 2 aromatic carbocycles. The fraction of sp³-hybridized carbons (Fsp3) is 0.308. The Balaban J connectivity index is 1.22. The molecule has 2 amide bonds. The summed E-state index contributed by atoms with van der Waals surface area (Å²) in [5, 5.41) is 14.9. The van der Waals surface area contributed by atoms with Gasteiger partial charge in [0.1, 0.15) is 30.8 Å². The molecular formula is C26H29N9O4. The number of methoxy groups -OCH3 is 1. The van der Waals surface area contributed by atoms with E-state index >= 15 is 0 Å². The molecule has 0 aliphatic carbocycles. The Hall–Kier alpha value is -4.94. The highest BCUT2D eigenvalue weighted by Gasteiger charge is 2.24. The monoisotopic (exact) mass is 531 g/mol. The number of nitrogens with zero attached hydrogens (tertiary/aromatic N) is 8. The minimum Gasteiger partial charge on any atom is -0.493 e. The number of tetrazole rings is 1. The molecule has 3 heterocycles. The van der Waals surface area contributed by atoms with Gasteiger partial charge in [0.2, 0.25) is 0 Å². The van der Waals surface area contributed by atoms with Crippen molar-refractivity contribution in [3.05, 3.63) is 61.4 Å². The van der Waals surface area contributed by atoms with Crippen LogP contribution in [0.4, 0.5) is 16.3 Å². The highest BCUT2D eigenvalue weighted by Crippen LogP contribution is 2.35. The number of anilines is 2. The van der Waals surface area contributed by atoms with E-state index in [9.17, 15) is 4.79 Å². The summed E-state index contributed by atoms with van der Waals surface area (Å²) in [5.74, 6) is 3.21. The number of nitrogens with one attached hydrogen (secondary N) is 1. The number of urea groups is 1. The van der Waals surface area contributed by atoms with Crippen molar-refractivity contribution in [2.24, 2.45) is 0 Å². The van der Waals surface area contributed by atoms with E-state index in [1.54, 1.807) is 47.9 Å². The van der Waals surface area contributed by atoms with E-state index in [1.807, 2.05) is 12.1 Å². The number of carbonyl (C=O) groups excluding carboxylic acids is 1. The smallest absolute Gasteiger partial charge is 0.321 e. The lowest BCUT2D eigenvalue weighted by Gasteiger charge is -2.35. The quantitative estimate of drug-likeness (QED) is 0.321. The molecule has 0 unspecified atom stereocenters. The van der Waals surface area contributed by atoms with Crippen LogP contribution in [0.2, 0.25) is 0 Å². The van der Waals surface area contributed by atoms with Gasteiger partial charge in [-0.1, -0.05) is 6.58 Å². The first-order valence-electron chi connectivity index (χ1n) is 12.4. The molecule has 0 radical (unpaired) electrons. The van der Waals surface area contributed by atoms with Crippen LogP contribution in [0.1, 0.15) is 6.92 Å². The molecule has 0 atom stereocenters. The highest BCUT2D eigenvalue weighted by atomic mass is 16.5. The Labute approximate surface area is 225 Å². The first-order chi connectivity index (χ1) is 19.0. The van der Waals surface area contributed by atoms with Crippen molar-refractivity contribution in [2.45, 2.75) is 13.5 Å². The summed E-state index contributed by atoms with van der Waals surface area (Å²) < 4.78 is 18.6. The van der Waals surface area contributed by atoms with Gasteiger partial charge in [0, 0.05) is 43.3 Å². The molecule has 2 aromatic heterocycles. The molecule has 0 saturated carbocycles. The average Bonchev–Trinajstić information content (AvgIpc) is 3.47. The summed E-state index contributed by atoms with van der Waals surface area (Å²) in [6, 6.07) is 10.8. The van der Waals surface area contributed by atoms with E-state index in [0.29, 0.717) is 68.0 Å². The Bertz CT molecular complexity index is 1440. The van der Waals surface area contributed by atoms with Crippen LogP contribution in [-0.2, 0) is 6.54 Å². The maximum absolute atomic E-state index is 12.9. The molecule has 1 aliphatic rings. The third kappa shape index (κ3) is 6.14. The van der Waals surface area contributed by atoms with Crippen molar-refractivity contribution in [1.29, 1.82) is 0 Å². The minimum atomic E-state index is -0.152. The number of benzene rings is 2. The van der Waals surface area contributed by atoms with E-state index in [0.717, 1.165) is 16.7 Å². The number of amides is 2. The third-order valence-electron chi connectivity index (χ3n) is 6.13. The van der Waals surface area contributed by atoms with E-state index in [-0.39, 0.29) is 6.03 Å². The lowest BCUT2D eigenvalue weighted by atomic mass is 10.2. The summed E-state index contributed by atoms with van der Waals surface area (Å²) in [7, 11) is 1.59. The SMILES string of the molecule is C=C(C)Oc1ccc(NC(=O)N2CCN(c3ncnc4cc(OCCn5cnnn5)c(OC)cc34)CC2)cc1. The first-order valence-corrected chi connectivity index (χ1v) is 12.4. The lowest BCUT2D eigenvalue weighted by Crippen LogP contribution is -2.50. The number of allylic oxidation sites excluding steroid dienone is 1. The summed E-state index contributed by atoms with van der Waals surface area (Å²) in [5.41, 5.74) is 1.43. The van der Waals surface area contributed by atoms with Gasteiger partial charge >= 0.3 is 6.03 Å². The zero-order valence-electron chi connectivity index (χ0n) is 21.8. The number of fused-ring (bicyclic) bond motifs is 1. The minimum absolute atomic E-state index is 0.152. The van der Waals surface area contributed by atoms with E-state index < -0.39 is 0 Å². The van der Waals surface area contributed by atoms with Crippen molar-refractivity contribution < 1.29 is 19.0 Å². The predicted molar refractivity (Wildman–Crippen MR) is 144 cm³/mol. The topological polar surface area (TPSA) is 133 Å². The van der Waals surface area contributed by atoms with E-state index in [2.05, 4.69) is 42.3 Å². The van der Waals surface area contributed by atoms with Crippen LogP contribution >= 0.6 is 0 Å². The Morgan fingerprint density at radius 3 is 2.56 bits per heavy atom. The summed E-state index contributed by atoms with van der Waals surface area (Å²) in [6.45, 7) is 8.71. The van der Waals surface area contributed by atoms with Gasteiger partial charge in [-0.25, -0.2) is 19.4 Å². The summed E-state index contributed by atoms with van der Waals surface area (Å²) in [4.78, 5) is 25.8. The number of carbonyl (C=O) groups is 1. The molecule has 0 spiro atoms. The van der Waals surface area contributed by atoms with Crippen LogP contribution in [0.5, 0.6) is 17.2 Å². The van der Waals surface area contributed by atoms with Crippen molar-refractivity contribution in [2.75, 3.05) is 50.1 Å². The number of piperazine rings is 1. The standard InChI is InChI=1S/C26H29N9O4/c1-18(2)39-20-6-4-19(5-7-20)30-26(36)34-10-8-33(9-11-34)25-21-14-23(37-3)24(15-22(21)27-16-28-25)38-13-12-35-17-29-31-32-35/h4-7,14-17H,1,8-13H2,2-3H3,(H,30,36). The largest absolute Gasteiger partial charge is 0.493 e. The second-order valence-corrected chi connectivity index (χ2v) is 8.87. The number of rotatable bonds is 9. The molecule has 1 aliphatic heterocycles. The molecule has 1 N–H and O–H groups in total. The van der Waals surface area contributed by atoms with E-state index in [1.165, 1.54) is 12.7 Å². The second kappa shape index (κ2) is 11.6. The van der Waals surface area contributed by atoms with Gasteiger partial charge in [-0.05, 0) is 47.7 Å². The fourth-order valence-electron chi connectivity index (χ4n) is 4.24. The Morgan fingerprint density at radius 1 is 1.08 bits per heavy atom. The average molecular weight is 532 g/mol. The molecular weight excluding hydrogens is 502 g/mol. The third-order valence-corrected chi connectivity index (χ3v) is 6.13. The predicted octanol–water partition coefficient (Wildman–Crippen LogP) is 2.97.